The molecular weight excluding hydrogens is 258 g/mol. The zero-order chi connectivity index (χ0) is 14.5. The van der Waals surface area contributed by atoms with Gasteiger partial charge in [0.2, 0.25) is 0 Å². The van der Waals surface area contributed by atoms with Gasteiger partial charge in [-0.15, -0.1) is 0 Å². The first kappa shape index (κ1) is 15.7. The van der Waals surface area contributed by atoms with Crippen LogP contribution in [0.3, 0.4) is 0 Å². The van der Waals surface area contributed by atoms with Gasteiger partial charge < -0.3 is 14.9 Å². The van der Waals surface area contributed by atoms with Crippen LogP contribution in [0.2, 0.25) is 0 Å². The lowest BCUT2D eigenvalue weighted by molar-refractivity contribution is -0.144. The molecule has 0 bridgehead atoms. The van der Waals surface area contributed by atoms with Gasteiger partial charge in [0, 0.05) is 19.7 Å². The van der Waals surface area contributed by atoms with E-state index in [2.05, 4.69) is 6.92 Å². The van der Waals surface area contributed by atoms with E-state index >= 15 is 0 Å². The highest BCUT2D eigenvalue weighted by Crippen LogP contribution is 2.42. The van der Waals surface area contributed by atoms with Crippen LogP contribution < -0.4 is 0 Å². The van der Waals surface area contributed by atoms with Crippen molar-refractivity contribution in [2.45, 2.75) is 51.2 Å². The molecule has 2 rings (SSSR count). The molecule has 0 aromatic rings. The van der Waals surface area contributed by atoms with Crippen LogP contribution in [0.15, 0.2) is 0 Å². The van der Waals surface area contributed by atoms with Crippen molar-refractivity contribution in [3.8, 4) is 0 Å². The van der Waals surface area contributed by atoms with Gasteiger partial charge in [-0.3, -0.25) is 9.69 Å². The smallest absolute Gasteiger partial charge is 0.321 e. The Balaban J connectivity index is 1.80. The quantitative estimate of drug-likeness (QED) is 0.659. The van der Waals surface area contributed by atoms with Gasteiger partial charge in [0.1, 0.15) is 6.04 Å². The van der Waals surface area contributed by atoms with E-state index < -0.39 is 18.1 Å². The summed E-state index contributed by atoms with van der Waals surface area (Å²) in [6.45, 7) is 4.29. The number of fused-ring (bicyclic) bond motifs is 1. The van der Waals surface area contributed by atoms with Crippen LogP contribution in [0.4, 0.5) is 0 Å². The first-order valence-electron chi connectivity index (χ1n) is 7.86. The number of hydrogen-bond donors (Lipinski definition) is 2. The van der Waals surface area contributed by atoms with Gasteiger partial charge >= 0.3 is 5.97 Å². The SMILES string of the molecule is CCCCOCC(O)CN1CC2CCCC2C1C(=O)O. The third-order valence-electron chi connectivity index (χ3n) is 4.64. The zero-order valence-electron chi connectivity index (χ0n) is 12.3. The molecule has 1 aliphatic carbocycles. The van der Waals surface area contributed by atoms with Crippen LogP contribution in [-0.4, -0.2) is 59.5 Å². The van der Waals surface area contributed by atoms with Crippen molar-refractivity contribution in [2.75, 3.05) is 26.3 Å². The Bertz CT molecular complexity index is 323. The predicted molar refractivity (Wildman–Crippen MR) is 75.6 cm³/mol. The highest BCUT2D eigenvalue weighted by molar-refractivity contribution is 5.74. The number of likely N-dealkylation sites (tertiary alicyclic amines) is 1. The fourth-order valence-corrected chi connectivity index (χ4v) is 3.71. The average molecular weight is 285 g/mol. The molecule has 2 N–H and O–H groups in total. The Labute approximate surface area is 120 Å². The molecule has 0 aromatic carbocycles. The standard InChI is InChI=1S/C15H27NO4/c1-2-3-7-20-10-12(17)9-16-8-11-5-4-6-13(11)14(16)15(18)19/h11-14,17H,2-10H2,1H3,(H,18,19). The molecule has 1 aliphatic heterocycles. The maximum absolute atomic E-state index is 11.5. The van der Waals surface area contributed by atoms with Gasteiger partial charge in [-0.1, -0.05) is 19.8 Å². The Morgan fingerprint density at radius 2 is 2.25 bits per heavy atom. The topological polar surface area (TPSA) is 70.0 Å². The summed E-state index contributed by atoms with van der Waals surface area (Å²) in [6.07, 6.45) is 4.78. The number of carboxylic acids is 1. The largest absolute Gasteiger partial charge is 0.480 e. The summed E-state index contributed by atoms with van der Waals surface area (Å²) < 4.78 is 5.41. The number of carbonyl (C=O) groups is 1. The maximum Gasteiger partial charge on any atom is 0.321 e. The number of rotatable bonds is 8. The zero-order valence-corrected chi connectivity index (χ0v) is 12.3. The predicted octanol–water partition coefficient (Wildman–Crippen LogP) is 1.35. The van der Waals surface area contributed by atoms with Gasteiger partial charge in [-0.05, 0) is 31.1 Å². The van der Waals surface area contributed by atoms with E-state index in [4.69, 9.17) is 4.74 Å². The lowest BCUT2D eigenvalue weighted by Crippen LogP contribution is -2.44. The number of unbranched alkanes of at least 4 members (excludes halogenated alkanes) is 1. The van der Waals surface area contributed by atoms with E-state index in [9.17, 15) is 15.0 Å². The summed E-state index contributed by atoms with van der Waals surface area (Å²) in [6, 6.07) is -0.409. The van der Waals surface area contributed by atoms with E-state index in [0.29, 0.717) is 25.7 Å². The molecule has 0 amide bonds. The summed E-state index contributed by atoms with van der Waals surface area (Å²) in [5.74, 6) is 0.0449. The van der Waals surface area contributed by atoms with Gasteiger partial charge in [-0.2, -0.15) is 0 Å². The van der Waals surface area contributed by atoms with Crippen LogP contribution in [0.5, 0.6) is 0 Å². The number of carboxylic acid groups (broad SMARTS) is 1. The average Bonchev–Trinajstić information content (AvgIpc) is 2.94. The van der Waals surface area contributed by atoms with Crippen LogP contribution in [0.25, 0.3) is 0 Å². The molecule has 5 heteroatoms. The van der Waals surface area contributed by atoms with Crippen LogP contribution in [0, 0.1) is 11.8 Å². The van der Waals surface area contributed by atoms with E-state index in [-0.39, 0.29) is 5.92 Å². The molecule has 1 saturated heterocycles. The Hall–Kier alpha value is -0.650. The number of nitrogens with zero attached hydrogens (tertiary/aromatic N) is 1. The third kappa shape index (κ3) is 3.71. The Morgan fingerprint density at radius 1 is 1.45 bits per heavy atom. The van der Waals surface area contributed by atoms with Crippen molar-refractivity contribution in [3.63, 3.8) is 0 Å². The van der Waals surface area contributed by atoms with Gasteiger partial charge in [0.15, 0.2) is 0 Å². The van der Waals surface area contributed by atoms with Crippen molar-refractivity contribution in [1.29, 1.82) is 0 Å². The lowest BCUT2D eigenvalue weighted by atomic mass is 9.94. The van der Waals surface area contributed by atoms with Crippen LogP contribution in [0.1, 0.15) is 39.0 Å². The third-order valence-corrected chi connectivity index (χ3v) is 4.64. The Kier molecular flexibility index (Phi) is 5.81. The normalized spacial score (nSPS) is 31.4. The minimum Gasteiger partial charge on any atom is -0.480 e. The molecule has 2 fully saturated rings. The van der Waals surface area contributed by atoms with Gasteiger partial charge in [-0.25, -0.2) is 0 Å². The van der Waals surface area contributed by atoms with Crippen molar-refractivity contribution in [3.05, 3.63) is 0 Å². The fraction of sp³-hybridized carbons (Fsp3) is 0.933. The summed E-state index contributed by atoms with van der Waals surface area (Å²) in [5.41, 5.74) is 0. The van der Waals surface area contributed by atoms with E-state index in [1.54, 1.807) is 0 Å². The summed E-state index contributed by atoms with van der Waals surface area (Å²) in [4.78, 5) is 13.4. The number of aliphatic hydroxyl groups is 1. The van der Waals surface area contributed by atoms with E-state index in [0.717, 1.165) is 38.6 Å². The maximum atomic E-state index is 11.5. The van der Waals surface area contributed by atoms with Gasteiger partial charge in [0.05, 0.1) is 12.7 Å². The second kappa shape index (κ2) is 7.38. The fourth-order valence-electron chi connectivity index (χ4n) is 3.71. The first-order valence-corrected chi connectivity index (χ1v) is 7.86. The van der Waals surface area contributed by atoms with Crippen LogP contribution in [-0.2, 0) is 9.53 Å². The second-order valence-electron chi connectivity index (χ2n) is 6.17. The number of aliphatic hydroxyl groups excluding tert-OH is 1. The minimum absolute atomic E-state index is 0.278. The number of hydrogen-bond acceptors (Lipinski definition) is 4. The molecule has 0 radical (unpaired) electrons. The molecule has 4 unspecified atom stereocenters. The minimum atomic E-state index is -0.737. The summed E-state index contributed by atoms with van der Waals surface area (Å²) in [7, 11) is 0. The van der Waals surface area contributed by atoms with E-state index in [1.807, 2.05) is 4.90 Å². The molecule has 1 heterocycles. The van der Waals surface area contributed by atoms with E-state index in [1.165, 1.54) is 0 Å². The molecule has 0 spiro atoms. The van der Waals surface area contributed by atoms with Crippen molar-refractivity contribution >= 4 is 5.97 Å². The molecule has 20 heavy (non-hydrogen) atoms. The lowest BCUT2D eigenvalue weighted by Gasteiger charge is -2.26. The number of β-amino-alcohol motifs (C(OH)–C–C–N with tert-alkyl or cyclic N) is 1. The van der Waals surface area contributed by atoms with Crippen molar-refractivity contribution in [2.24, 2.45) is 11.8 Å². The summed E-state index contributed by atoms with van der Waals surface area (Å²) in [5, 5.41) is 19.4. The monoisotopic (exact) mass is 285 g/mol. The molecule has 116 valence electrons. The molecule has 4 atom stereocenters. The first-order chi connectivity index (χ1) is 9.63. The molecule has 1 saturated carbocycles. The molecule has 2 aliphatic rings. The molecule has 0 aromatic heterocycles. The van der Waals surface area contributed by atoms with Crippen molar-refractivity contribution < 1.29 is 19.7 Å². The highest BCUT2D eigenvalue weighted by Gasteiger charge is 2.47. The van der Waals surface area contributed by atoms with Gasteiger partial charge in [0.25, 0.3) is 0 Å². The highest BCUT2D eigenvalue weighted by atomic mass is 16.5. The number of aliphatic carboxylic acids is 1. The number of ether oxygens (including phenoxy) is 1. The molecule has 5 nitrogen and oxygen atoms in total. The van der Waals surface area contributed by atoms with Crippen LogP contribution >= 0.6 is 0 Å². The Morgan fingerprint density at radius 3 is 2.95 bits per heavy atom. The van der Waals surface area contributed by atoms with Crippen molar-refractivity contribution in [1.82, 2.24) is 4.90 Å². The summed E-state index contributed by atoms with van der Waals surface area (Å²) >= 11 is 0. The second-order valence-corrected chi connectivity index (χ2v) is 6.17. The molecular formula is C15H27NO4.